The van der Waals surface area contributed by atoms with Gasteiger partial charge in [0.25, 0.3) is 0 Å². The molecule has 0 N–H and O–H groups in total. The lowest BCUT2D eigenvalue weighted by Gasteiger charge is -2.25. The molecule has 0 saturated heterocycles. The zero-order valence-electron chi connectivity index (χ0n) is 12.4. The van der Waals surface area contributed by atoms with Crippen molar-refractivity contribution in [3.63, 3.8) is 0 Å². The molecule has 0 heterocycles. The number of rotatable bonds is 8. The number of benzene rings is 1. The summed E-state index contributed by atoms with van der Waals surface area (Å²) in [7, 11) is 0. The van der Waals surface area contributed by atoms with E-state index < -0.39 is 0 Å². The molecule has 0 bridgehead atoms. The number of ketones is 1. The molecule has 0 unspecified atom stereocenters. The van der Waals surface area contributed by atoms with Crippen molar-refractivity contribution in [2.45, 2.75) is 33.2 Å². The van der Waals surface area contributed by atoms with Crippen LogP contribution in [0, 0.1) is 11.3 Å². The molecule has 1 rings (SSSR count). The van der Waals surface area contributed by atoms with E-state index in [0.717, 1.165) is 13.1 Å². The molecule has 0 radical (unpaired) electrons. The molecular weight excluding hydrogens is 252 g/mol. The Bertz CT molecular complexity index is 478. The fourth-order valence-corrected chi connectivity index (χ4v) is 1.98. The van der Waals surface area contributed by atoms with Crippen molar-refractivity contribution in [2.75, 3.05) is 19.7 Å². The van der Waals surface area contributed by atoms with Gasteiger partial charge in [-0.3, -0.25) is 9.69 Å². The second-order valence-electron chi connectivity index (χ2n) is 4.94. The molecule has 0 aliphatic rings. The van der Waals surface area contributed by atoms with E-state index in [1.54, 1.807) is 6.07 Å². The average molecular weight is 274 g/mol. The Labute approximate surface area is 121 Å². The third-order valence-corrected chi connectivity index (χ3v) is 3.14. The Kier molecular flexibility index (Phi) is 6.75. The van der Waals surface area contributed by atoms with Gasteiger partial charge in [0.15, 0.2) is 5.78 Å². The van der Waals surface area contributed by atoms with Crippen molar-refractivity contribution in [3.05, 3.63) is 29.8 Å². The van der Waals surface area contributed by atoms with Crippen LogP contribution in [0.4, 0.5) is 0 Å². The highest BCUT2D eigenvalue weighted by Crippen LogP contribution is 2.18. The summed E-state index contributed by atoms with van der Waals surface area (Å²) in [6, 6.07) is 9.80. The van der Waals surface area contributed by atoms with Crippen molar-refractivity contribution in [3.8, 4) is 11.8 Å². The number of carbonyl (C=O) groups is 1. The van der Waals surface area contributed by atoms with E-state index in [1.165, 1.54) is 6.92 Å². The van der Waals surface area contributed by atoms with Gasteiger partial charge < -0.3 is 4.74 Å². The molecule has 0 atom stereocenters. The number of nitriles is 1. The molecule has 20 heavy (non-hydrogen) atoms. The van der Waals surface area contributed by atoms with E-state index in [2.05, 4.69) is 24.8 Å². The molecule has 0 saturated carbocycles. The van der Waals surface area contributed by atoms with Gasteiger partial charge in [-0.15, -0.1) is 0 Å². The van der Waals surface area contributed by atoms with Crippen molar-refractivity contribution in [1.29, 1.82) is 5.26 Å². The predicted octanol–water partition coefficient (Wildman–Crippen LogP) is 2.89. The van der Waals surface area contributed by atoms with Gasteiger partial charge in [-0.1, -0.05) is 12.1 Å². The van der Waals surface area contributed by atoms with E-state index >= 15 is 0 Å². The van der Waals surface area contributed by atoms with Crippen LogP contribution in [0.15, 0.2) is 24.3 Å². The minimum atomic E-state index is 0.00537. The SMILES string of the molecule is CC(=O)c1ccccc1OCCN(CCC#N)C(C)C. The molecule has 0 amide bonds. The van der Waals surface area contributed by atoms with Crippen molar-refractivity contribution in [2.24, 2.45) is 0 Å². The van der Waals surface area contributed by atoms with E-state index in [-0.39, 0.29) is 5.78 Å². The molecule has 4 heteroatoms. The maximum absolute atomic E-state index is 11.5. The van der Waals surface area contributed by atoms with E-state index in [4.69, 9.17) is 10.00 Å². The zero-order chi connectivity index (χ0) is 15.0. The van der Waals surface area contributed by atoms with Crippen LogP contribution < -0.4 is 4.74 Å². The van der Waals surface area contributed by atoms with E-state index in [9.17, 15) is 4.79 Å². The van der Waals surface area contributed by atoms with Gasteiger partial charge in [-0.2, -0.15) is 5.26 Å². The number of para-hydroxylation sites is 1. The van der Waals surface area contributed by atoms with Gasteiger partial charge in [0, 0.05) is 25.6 Å². The number of hydrogen-bond donors (Lipinski definition) is 0. The summed E-state index contributed by atoms with van der Waals surface area (Å²) < 4.78 is 5.71. The molecule has 1 aromatic rings. The minimum Gasteiger partial charge on any atom is -0.491 e. The van der Waals surface area contributed by atoms with Crippen LogP contribution in [-0.2, 0) is 0 Å². The third kappa shape index (κ3) is 5.02. The van der Waals surface area contributed by atoms with E-state index in [1.807, 2.05) is 18.2 Å². The molecule has 0 fully saturated rings. The molecule has 0 spiro atoms. The smallest absolute Gasteiger partial charge is 0.163 e. The van der Waals surface area contributed by atoms with E-state index in [0.29, 0.717) is 30.4 Å². The third-order valence-electron chi connectivity index (χ3n) is 3.14. The summed E-state index contributed by atoms with van der Waals surface area (Å²) in [4.78, 5) is 13.7. The molecular formula is C16H22N2O2. The Morgan fingerprint density at radius 1 is 1.35 bits per heavy atom. The predicted molar refractivity (Wildman–Crippen MR) is 78.9 cm³/mol. The first-order valence-corrected chi connectivity index (χ1v) is 6.90. The van der Waals surface area contributed by atoms with Crippen molar-refractivity contribution in [1.82, 2.24) is 4.90 Å². The number of ether oxygens (including phenoxy) is 1. The lowest BCUT2D eigenvalue weighted by molar-refractivity contribution is 0.101. The van der Waals surface area contributed by atoms with Gasteiger partial charge in [0.2, 0.25) is 0 Å². The standard InChI is InChI=1S/C16H22N2O2/c1-13(2)18(10-6-9-17)11-12-20-16-8-5-4-7-15(16)14(3)19/h4-5,7-8,13H,6,10-12H2,1-3H3. The maximum atomic E-state index is 11.5. The Hall–Kier alpha value is -1.86. The fraction of sp³-hybridized carbons (Fsp3) is 0.500. The summed E-state index contributed by atoms with van der Waals surface area (Å²) in [5, 5.41) is 8.65. The largest absolute Gasteiger partial charge is 0.491 e. The second-order valence-corrected chi connectivity index (χ2v) is 4.94. The monoisotopic (exact) mass is 274 g/mol. The molecule has 0 aliphatic carbocycles. The summed E-state index contributed by atoms with van der Waals surface area (Å²) in [5.41, 5.74) is 0.612. The highest BCUT2D eigenvalue weighted by atomic mass is 16.5. The first kappa shape index (κ1) is 16.2. The summed E-state index contributed by atoms with van der Waals surface area (Å²) >= 11 is 0. The Morgan fingerprint density at radius 2 is 2.05 bits per heavy atom. The first-order chi connectivity index (χ1) is 9.56. The Balaban J connectivity index is 2.55. The second kappa shape index (κ2) is 8.34. The molecule has 0 aromatic heterocycles. The van der Waals surface area contributed by atoms with Crippen LogP contribution in [0.5, 0.6) is 5.75 Å². The molecule has 108 valence electrons. The van der Waals surface area contributed by atoms with Crippen LogP contribution in [0.2, 0.25) is 0 Å². The normalized spacial score (nSPS) is 10.6. The van der Waals surface area contributed by atoms with Crippen LogP contribution in [0.3, 0.4) is 0 Å². The summed E-state index contributed by atoms with van der Waals surface area (Å²) in [6.45, 7) is 7.72. The minimum absolute atomic E-state index is 0.00537. The van der Waals surface area contributed by atoms with Gasteiger partial charge in [-0.05, 0) is 32.9 Å². The summed E-state index contributed by atoms with van der Waals surface area (Å²) in [5.74, 6) is 0.634. The van der Waals surface area contributed by atoms with Gasteiger partial charge >= 0.3 is 0 Å². The van der Waals surface area contributed by atoms with Crippen LogP contribution >= 0.6 is 0 Å². The van der Waals surface area contributed by atoms with Crippen LogP contribution in [0.1, 0.15) is 37.6 Å². The average Bonchev–Trinajstić information content (AvgIpc) is 2.42. The van der Waals surface area contributed by atoms with Gasteiger partial charge in [0.1, 0.15) is 12.4 Å². The highest BCUT2D eigenvalue weighted by molar-refractivity contribution is 5.96. The van der Waals surface area contributed by atoms with Gasteiger partial charge in [-0.25, -0.2) is 0 Å². The van der Waals surface area contributed by atoms with Crippen molar-refractivity contribution < 1.29 is 9.53 Å². The molecule has 0 aliphatic heterocycles. The Morgan fingerprint density at radius 3 is 2.65 bits per heavy atom. The first-order valence-electron chi connectivity index (χ1n) is 6.90. The summed E-state index contributed by atoms with van der Waals surface area (Å²) in [6.07, 6.45) is 0.516. The highest BCUT2D eigenvalue weighted by Gasteiger charge is 2.11. The number of hydrogen-bond acceptors (Lipinski definition) is 4. The quantitative estimate of drug-likeness (QED) is 0.684. The van der Waals surface area contributed by atoms with Crippen LogP contribution in [0.25, 0.3) is 0 Å². The maximum Gasteiger partial charge on any atom is 0.163 e. The molecule has 4 nitrogen and oxygen atoms in total. The molecule has 1 aromatic carbocycles. The van der Waals surface area contributed by atoms with Crippen molar-refractivity contribution >= 4 is 5.78 Å². The fourth-order valence-electron chi connectivity index (χ4n) is 1.98. The number of nitrogens with zero attached hydrogens (tertiary/aromatic N) is 2. The topological polar surface area (TPSA) is 53.3 Å². The number of carbonyl (C=O) groups excluding carboxylic acids is 1. The lowest BCUT2D eigenvalue weighted by atomic mass is 10.1. The number of Topliss-reactive ketones (excluding diaryl/α,β-unsaturated/α-hetero) is 1. The zero-order valence-corrected chi connectivity index (χ0v) is 12.4. The van der Waals surface area contributed by atoms with Gasteiger partial charge in [0.05, 0.1) is 11.6 Å². The lowest BCUT2D eigenvalue weighted by Crippen LogP contribution is -2.35. The van der Waals surface area contributed by atoms with Crippen LogP contribution in [-0.4, -0.2) is 36.4 Å².